The van der Waals surface area contributed by atoms with Crippen LogP contribution in [0.5, 0.6) is 0 Å². The first-order valence-electron chi connectivity index (χ1n) is 5.23. The third kappa shape index (κ3) is 2.89. The predicted octanol–water partition coefficient (Wildman–Crippen LogP) is 3.75. The summed E-state index contributed by atoms with van der Waals surface area (Å²) in [6.45, 7) is 0. The number of rotatable bonds is 3. The number of aryl methyl sites for hydroxylation is 2. The molecule has 0 N–H and O–H groups in total. The first-order chi connectivity index (χ1) is 7.74. The predicted molar refractivity (Wildman–Crippen MR) is 60.2 cm³/mol. The fourth-order valence-corrected chi connectivity index (χ4v) is 1.63. The molecule has 0 radical (unpaired) electrons. The van der Waals surface area contributed by atoms with Crippen molar-refractivity contribution in [2.75, 3.05) is 0 Å². The van der Waals surface area contributed by atoms with Crippen molar-refractivity contribution in [3.63, 3.8) is 0 Å². The lowest BCUT2D eigenvalue weighted by Gasteiger charge is -2.02. The Balaban J connectivity index is 1.99. The highest BCUT2D eigenvalue weighted by atomic mass is 19.1. The van der Waals surface area contributed by atoms with Crippen molar-refractivity contribution in [3.05, 3.63) is 71.3 Å². The lowest BCUT2D eigenvalue weighted by atomic mass is 10.0. The summed E-state index contributed by atoms with van der Waals surface area (Å²) in [5.41, 5.74) is 2.02. The van der Waals surface area contributed by atoms with Crippen LogP contribution in [0, 0.1) is 11.6 Å². The minimum atomic E-state index is -0.227. The summed E-state index contributed by atoms with van der Waals surface area (Å²) in [6.07, 6.45) is 1.56. The van der Waals surface area contributed by atoms with E-state index in [0.29, 0.717) is 0 Å². The van der Waals surface area contributed by atoms with Gasteiger partial charge in [-0.1, -0.05) is 24.3 Å². The maximum atomic E-state index is 12.9. The standard InChI is InChI=1S/C14H12F2/c15-13-8-6-11(7-9-13)4-5-12-2-1-3-14(16)10-12/h1-3,6-10H,4-5H2. The van der Waals surface area contributed by atoms with E-state index in [-0.39, 0.29) is 11.6 Å². The van der Waals surface area contributed by atoms with E-state index in [1.165, 1.54) is 24.3 Å². The van der Waals surface area contributed by atoms with E-state index < -0.39 is 0 Å². The second-order valence-corrected chi connectivity index (χ2v) is 3.76. The fraction of sp³-hybridized carbons (Fsp3) is 0.143. The molecule has 2 rings (SSSR count). The molecule has 0 aromatic heterocycles. The van der Waals surface area contributed by atoms with Gasteiger partial charge in [-0.2, -0.15) is 0 Å². The van der Waals surface area contributed by atoms with Gasteiger partial charge in [0, 0.05) is 0 Å². The Morgan fingerprint density at radius 1 is 0.688 bits per heavy atom. The van der Waals surface area contributed by atoms with Crippen LogP contribution in [0.3, 0.4) is 0 Å². The molecular weight excluding hydrogens is 206 g/mol. The third-order valence-corrected chi connectivity index (χ3v) is 2.50. The summed E-state index contributed by atoms with van der Waals surface area (Å²) in [7, 11) is 0. The summed E-state index contributed by atoms with van der Waals surface area (Å²) < 4.78 is 25.5. The molecule has 0 fully saturated rings. The Bertz CT molecular complexity index is 460. The van der Waals surface area contributed by atoms with Gasteiger partial charge in [0.1, 0.15) is 11.6 Å². The van der Waals surface area contributed by atoms with Gasteiger partial charge in [-0.05, 0) is 48.2 Å². The number of benzene rings is 2. The maximum absolute atomic E-state index is 12.9. The van der Waals surface area contributed by atoms with Crippen LogP contribution in [0.4, 0.5) is 8.78 Å². The topological polar surface area (TPSA) is 0 Å². The highest BCUT2D eigenvalue weighted by Crippen LogP contribution is 2.09. The number of hydrogen-bond donors (Lipinski definition) is 0. The Labute approximate surface area is 93.5 Å². The van der Waals surface area contributed by atoms with E-state index in [1.54, 1.807) is 18.2 Å². The van der Waals surface area contributed by atoms with Crippen LogP contribution in [-0.4, -0.2) is 0 Å². The second-order valence-electron chi connectivity index (χ2n) is 3.76. The Morgan fingerprint density at radius 3 is 2.06 bits per heavy atom. The molecule has 0 unspecified atom stereocenters. The van der Waals surface area contributed by atoms with Gasteiger partial charge in [0.2, 0.25) is 0 Å². The normalized spacial score (nSPS) is 10.4. The molecule has 0 atom stereocenters. The minimum absolute atomic E-state index is 0.211. The van der Waals surface area contributed by atoms with Crippen LogP contribution in [0.25, 0.3) is 0 Å². The van der Waals surface area contributed by atoms with Gasteiger partial charge in [0.05, 0.1) is 0 Å². The average molecular weight is 218 g/mol. The van der Waals surface area contributed by atoms with Crippen molar-refractivity contribution < 1.29 is 8.78 Å². The van der Waals surface area contributed by atoms with E-state index in [9.17, 15) is 8.78 Å². The molecule has 16 heavy (non-hydrogen) atoms. The monoisotopic (exact) mass is 218 g/mol. The molecule has 0 aliphatic heterocycles. The largest absolute Gasteiger partial charge is 0.207 e. The van der Waals surface area contributed by atoms with Crippen LogP contribution < -0.4 is 0 Å². The van der Waals surface area contributed by atoms with E-state index >= 15 is 0 Å². The van der Waals surface area contributed by atoms with E-state index in [2.05, 4.69) is 0 Å². The molecule has 0 spiro atoms. The second kappa shape index (κ2) is 4.88. The molecule has 0 saturated carbocycles. The van der Waals surface area contributed by atoms with Crippen molar-refractivity contribution in [1.29, 1.82) is 0 Å². The summed E-state index contributed by atoms with van der Waals surface area (Å²) in [6, 6.07) is 13.0. The van der Waals surface area contributed by atoms with Gasteiger partial charge < -0.3 is 0 Å². The van der Waals surface area contributed by atoms with Crippen LogP contribution >= 0.6 is 0 Å². The van der Waals surface area contributed by atoms with Crippen molar-refractivity contribution in [3.8, 4) is 0 Å². The Kier molecular flexibility index (Phi) is 3.30. The van der Waals surface area contributed by atoms with Gasteiger partial charge in [0.15, 0.2) is 0 Å². The molecule has 0 aliphatic carbocycles. The zero-order valence-electron chi connectivity index (χ0n) is 8.79. The molecule has 0 nitrogen and oxygen atoms in total. The third-order valence-electron chi connectivity index (χ3n) is 2.50. The molecule has 0 aliphatic rings. The molecule has 2 heteroatoms. The van der Waals surface area contributed by atoms with Gasteiger partial charge in [-0.15, -0.1) is 0 Å². The van der Waals surface area contributed by atoms with E-state index in [4.69, 9.17) is 0 Å². The van der Waals surface area contributed by atoms with Crippen molar-refractivity contribution in [2.45, 2.75) is 12.8 Å². The van der Waals surface area contributed by atoms with Crippen LogP contribution in [0.15, 0.2) is 48.5 Å². The highest BCUT2D eigenvalue weighted by Gasteiger charge is 1.97. The lowest BCUT2D eigenvalue weighted by molar-refractivity contribution is 0.625. The van der Waals surface area contributed by atoms with E-state index in [1.807, 2.05) is 6.07 Å². The molecule has 0 amide bonds. The average Bonchev–Trinajstić information content (AvgIpc) is 2.28. The molecule has 0 bridgehead atoms. The van der Waals surface area contributed by atoms with Gasteiger partial charge >= 0.3 is 0 Å². The van der Waals surface area contributed by atoms with Crippen molar-refractivity contribution in [1.82, 2.24) is 0 Å². The van der Waals surface area contributed by atoms with Crippen molar-refractivity contribution in [2.24, 2.45) is 0 Å². The SMILES string of the molecule is Fc1ccc(CCc2cccc(F)c2)cc1. The first kappa shape index (κ1) is 10.8. The Hall–Kier alpha value is -1.70. The lowest BCUT2D eigenvalue weighted by Crippen LogP contribution is -1.92. The minimum Gasteiger partial charge on any atom is -0.207 e. The first-order valence-corrected chi connectivity index (χ1v) is 5.23. The smallest absolute Gasteiger partial charge is 0.123 e. The zero-order valence-corrected chi connectivity index (χ0v) is 8.79. The van der Waals surface area contributed by atoms with Crippen LogP contribution in [0.1, 0.15) is 11.1 Å². The van der Waals surface area contributed by atoms with E-state index in [0.717, 1.165) is 24.0 Å². The summed E-state index contributed by atoms with van der Waals surface area (Å²) in [5.74, 6) is -0.439. The molecule has 0 heterocycles. The van der Waals surface area contributed by atoms with Gasteiger partial charge in [-0.3, -0.25) is 0 Å². The highest BCUT2D eigenvalue weighted by molar-refractivity contribution is 5.21. The van der Waals surface area contributed by atoms with Crippen LogP contribution in [0.2, 0.25) is 0 Å². The molecule has 82 valence electrons. The van der Waals surface area contributed by atoms with Crippen LogP contribution in [-0.2, 0) is 12.8 Å². The molecule has 2 aromatic carbocycles. The van der Waals surface area contributed by atoms with Crippen molar-refractivity contribution >= 4 is 0 Å². The summed E-state index contributed by atoms with van der Waals surface area (Å²) in [5, 5.41) is 0. The number of halogens is 2. The molecule has 2 aromatic rings. The fourth-order valence-electron chi connectivity index (χ4n) is 1.63. The van der Waals surface area contributed by atoms with Gasteiger partial charge in [-0.25, -0.2) is 8.78 Å². The zero-order chi connectivity index (χ0) is 11.4. The number of hydrogen-bond acceptors (Lipinski definition) is 0. The quantitative estimate of drug-likeness (QED) is 0.736. The Morgan fingerprint density at radius 2 is 1.38 bits per heavy atom. The summed E-state index contributed by atoms with van der Waals surface area (Å²) >= 11 is 0. The maximum Gasteiger partial charge on any atom is 0.123 e. The molecule has 0 saturated heterocycles. The van der Waals surface area contributed by atoms with Gasteiger partial charge in [0.25, 0.3) is 0 Å². The summed E-state index contributed by atoms with van der Waals surface area (Å²) in [4.78, 5) is 0. The molecular formula is C14H12F2.